The largest absolute Gasteiger partial charge is 0.416 e. The van der Waals surface area contributed by atoms with Gasteiger partial charge in [-0.2, -0.15) is 22.8 Å². The van der Waals surface area contributed by atoms with E-state index in [9.17, 15) is 17.6 Å². The fourth-order valence-corrected chi connectivity index (χ4v) is 5.09. The maximum atomic E-state index is 13.1. The van der Waals surface area contributed by atoms with Crippen molar-refractivity contribution in [1.82, 2.24) is 0 Å². The Morgan fingerprint density at radius 3 is 1.90 bits per heavy atom. The Kier molecular flexibility index (Phi) is 7.38. The van der Waals surface area contributed by atoms with Gasteiger partial charge in [0.05, 0.1) is 5.56 Å². The number of rotatable bonds is 5. The molecule has 0 N–H and O–H groups in total. The second kappa shape index (κ2) is 9.78. The van der Waals surface area contributed by atoms with Crippen molar-refractivity contribution in [3.05, 3.63) is 47.3 Å². The molecule has 158 valence electrons. The van der Waals surface area contributed by atoms with Crippen LogP contribution in [0.3, 0.4) is 0 Å². The molecule has 5 heteroatoms. The maximum Gasteiger partial charge on any atom is 0.416 e. The number of nitrogens with zero attached hydrogens (tertiary/aromatic N) is 1. The van der Waals surface area contributed by atoms with Gasteiger partial charge in [0, 0.05) is 0 Å². The molecular weight excluding hydrogens is 378 g/mol. The first-order valence-electron chi connectivity index (χ1n) is 10.8. The van der Waals surface area contributed by atoms with Crippen molar-refractivity contribution in [2.24, 2.45) is 17.8 Å². The predicted molar refractivity (Wildman–Crippen MR) is 106 cm³/mol. The molecule has 0 amide bonds. The van der Waals surface area contributed by atoms with Crippen LogP contribution in [0.1, 0.15) is 81.3 Å². The third-order valence-corrected chi connectivity index (χ3v) is 6.92. The van der Waals surface area contributed by atoms with Crippen molar-refractivity contribution in [1.29, 1.82) is 5.26 Å². The molecule has 0 bridgehead atoms. The Morgan fingerprint density at radius 1 is 0.897 bits per heavy atom. The van der Waals surface area contributed by atoms with E-state index in [0.29, 0.717) is 17.8 Å². The van der Waals surface area contributed by atoms with Crippen LogP contribution in [0.4, 0.5) is 17.6 Å². The van der Waals surface area contributed by atoms with Crippen LogP contribution < -0.4 is 0 Å². The van der Waals surface area contributed by atoms with E-state index in [1.54, 1.807) is 18.2 Å². The number of hydrogen-bond acceptors (Lipinski definition) is 1. The summed E-state index contributed by atoms with van der Waals surface area (Å²) in [5.41, 5.74) is 0.461. The average molecular weight is 407 g/mol. The molecule has 2 aliphatic rings. The van der Waals surface area contributed by atoms with E-state index in [1.807, 2.05) is 0 Å². The van der Waals surface area contributed by atoms with Crippen LogP contribution in [0.25, 0.3) is 0 Å². The third kappa shape index (κ3) is 6.32. The molecule has 0 unspecified atom stereocenters. The molecule has 0 aromatic heterocycles. The van der Waals surface area contributed by atoms with E-state index in [1.165, 1.54) is 31.1 Å². The van der Waals surface area contributed by atoms with Gasteiger partial charge < -0.3 is 0 Å². The number of benzene rings is 1. The lowest BCUT2D eigenvalue weighted by Gasteiger charge is -2.31. The van der Waals surface area contributed by atoms with E-state index in [4.69, 9.17) is 5.26 Å². The molecule has 2 fully saturated rings. The van der Waals surface area contributed by atoms with Gasteiger partial charge in [-0.25, -0.2) is 0 Å². The van der Waals surface area contributed by atoms with Crippen LogP contribution in [-0.2, 0) is 6.18 Å². The molecule has 0 atom stereocenters. The van der Waals surface area contributed by atoms with Crippen LogP contribution in [0.15, 0.2) is 36.2 Å². The summed E-state index contributed by atoms with van der Waals surface area (Å²) in [5.74, 6) is 1.36. The Bertz CT molecular complexity index is 713. The Hall–Kier alpha value is -1.83. The first-order chi connectivity index (χ1) is 13.8. The zero-order valence-corrected chi connectivity index (χ0v) is 16.7. The molecule has 0 aliphatic heterocycles. The van der Waals surface area contributed by atoms with Crippen LogP contribution in [0.2, 0.25) is 0 Å². The highest BCUT2D eigenvalue weighted by atomic mass is 19.4. The van der Waals surface area contributed by atoms with Crippen molar-refractivity contribution in [3.8, 4) is 6.07 Å². The van der Waals surface area contributed by atoms with Gasteiger partial charge in [-0.15, -0.1) is 0 Å². The second-order valence-corrected chi connectivity index (χ2v) is 8.82. The molecular formula is C24H29F4N. The fourth-order valence-electron chi connectivity index (χ4n) is 5.09. The van der Waals surface area contributed by atoms with Crippen molar-refractivity contribution < 1.29 is 17.6 Å². The molecule has 2 saturated carbocycles. The summed E-state index contributed by atoms with van der Waals surface area (Å²) < 4.78 is 51.2. The molecule has 1 aromatic carbocycles. The summed E-state index contributed by atoms with van der Waals surface area (Å²) in [5, 5.41) is 8.54. The second-order valence-electron chi connectivity index (χ2n) is 8.82. The zero-order chi connectivity index (χ0) is 20.9. The first-order valence-corrected chi connectivity index (χ1v) is 10.8. The van der Waals surface area contributed by atoms with Gasteiger partial charge in [0.2, 0.25) is 0 Å². The molecule has 1 aromatic rings. The number of alkyl halides is 3. The SMILES string of the molecule is N#C/C(F)=C/C1CCC(CCC2CCC(c3ccc(C(F)(F)F)cc3)CC2)CC1. The first kappa shape index (κ1) is 21.9. The lowest BCUT2D eigenvalue weighted by Crippen LogP contribution is -2.17. The summed E-state index contributed by atoms with van der Waals surface area (Å²) in [6.45, 7) is 0. The van der Waals surface area contributed by atoms with Gasteiger partial charge in [-0.3, -0.25) is 0 Å². The van der Waals surface area contributed by atoms with Gasteiger partial charge >= 0.3 is 6.18 Å². The molecule has 1 nitrogen and oxygen atoms in total. The van der Waals surface area contributed by atoms with E-state index >= 15 is 0 Å². The number of halogens is 4. The lowest BCUT2D eigenvalue weighted by molar-refractivity contribution is -0.137. The predicted octanol–water partition coefficient (Wildman–Crippen LogP) is 7.94. The zero-order valence-electron chi connectivity index (χ0n) is 16.7. The molecule has 0 radical (unpaired) electrons. The monoisotopic (exact) mass is 407 g/mol. The number of nitriles is 1. The topological polar surface area (TPSA) is 23.8 Å². The van der Waals surface area contributed by atoms with Crippen molar-refractivity contribution >= 4 is 0 Å². The van der Waals surface area contributed by atoms with Crippen LogP contribution in [0.5, 0.6) is 0 Å². The standard InChI is InChI=1S/C24H29F4N/c25-23(16-29)15-19-5-3-17(4-6-19)1-2-18-7-9-20(10-8-18)21-11-13-22(14-12-21)24(26,27)28/h11-15,17-20H,1-10H2/b23-15-. The normalized spacial score (nSPS) is 28.7. The molecule has 29 heavy (non-hydrogen) atoms. The van der Waals surface area contributed by atoms with Gasteiger partial charge in [0.25, 0.3) is 0 Å². The van der Waals surface area contributed by atoms with Gasteiger partial charge in [-0.1, -0.05) is 25.0 Å². The maximum absolute atomic E-state index is 13.1. The Balaban J connectivity index is 1.38. The van der Waals surface area contributed by atoms with Crippen molar-refractivity contribution in [2.45, 2.75) is 76.3 Å². The molecule has 2 aliphatic carbocycles. The summed E-state index contributed by atoms with van der Waals surface area (Å²) in [6, 6.07) is 7.27. The summed E-state index contributed by atoms with van der Waals surface area (Å²) in [4.78, 5) is 0. The summed E-state index contributed by atoms with van der Waals surface area (Å²) >= 11 is 0. The molecule has 0 spiro atoms. The quantitative estimate of drug-likeness (QED) is 0.359. The van der Waals surface area contributed by atoms with Crippen LogP contribution in [-0.4, -0.2) is 0 Å². The third-order valence-electron chi connectivity index (χ3n) is 6.92. The van der Waals surface area contributed by atoms with E-state index in [-0.39, 0.29) is 5.92 Å². The van der Waals surface area contributed by atoms with E-state index in [0.717, 1.165) is 56.9 Å². The average Bonchev–Trinajstić information content (AvgIpc) is 2.73. The van der Waals surface area contributed by atoms with Crippen molar-refractivity contribution in [2.75, 3.05) is 0 Å². The highest BCUT2D eigenvalue weighted by Crippen LogP contribution is 2.40. The highest BCUT2D eigenvalue weighted by Gasteiger charge is 2.31. The van der Waals surface area contributed by atoms with Crippen LogP contribution in [0, 0.1) is 29.1 Å². The molecule has 0 saturated heterocycles. The lowest BCUT2D eigenvalue weighted by atomic mass is 9.74. The van der Waals surface area contributed by atoms with Gasteiger partial charge in [-0.05, 0) is 98.8 Å². The Morgan fingerprint density at radius 2 is 1.41 bits per heavy atom. The number of allylic oxidation sites excluding steroid dienone is 2. The molecule has 0 heterocycles. The Labute approximate surface area is 170 Å². The van der Waals surface area contributed by atoms with Crippen molar-refractivity contribution in [3.63, 3.8) is 0 Å². The van der Waals surface area contributed by atoms with Gasteiger partial charge in [0.15, 0.2) is 5.83 Å². The minimum Gasteiger partial charge on any atom is -0.195 e. The highest BCUT2D eigenvalue weighted by molar-refractivity contribution is 5.27. The van der Waals surface area contributed by atoms with E-state index in [2.05, 4.69) is 0 Å². The summed E-state index contributed by atoms with van der Waals surface area (Å²) in [7, 11) is 0. The fraction of sp³-hybridized carbons (Fsp3) is 0.625. The van der Waals surface area contributed by atoms with E-state index < -0.39 is 17.6 Å². The van der Waals surface area contributed by atoms with Crippen LogP contribution >= 0.6 is 0 Å². The number of hydrogen-bond donors (Lipinski definition) is 0. The smallest absolute Gasteiger partial charge is 0.195 e. The summed E-state index contributed by atoms with van der Waals surface area (Å²) in [6.07, 6.45) is 8.23. The minimum atomic E-state index is -4.27. The molecule has 3 rings (SSSR count). The van der Waals surface area contributed by atoms with Gasteiger partial charge in [0.1, 0.15) is 6.07 Å². The minimum absolute atomic E-state index is 0.213.